The summed E-state index contributed by atoms with van der Waals surface area (Å²) in [5, 5.41) is 6.78. The highest BCUT2D eigenvalue weighted by atomic mass is 35.5. The second-order valence-corrected chi connectivity index (χ2v) is 7.66. The van der Waals surface area contributed by atoms with Crippen LogP contribution in [0.3, 0.4) is 0 Å². The van der Waals surface area contributed by atoms with E-state index in [0.717, 1.165) is 25.9 Å². The average Bonchev–Trinajstić information content (AvgIpc) is 2.56. The fraction of sp³-hybridized carbons (Fsp3) is 0.556. The van der Waals surface area contributed by atoms with E-state index in [2.05, 4.69) is 15.5 Å². The van der Waals surface area contributed by atoms with Crippen molar-refractivity contribution in [3.05, 3.63) is 28.2 Å². The van der Waals surface area contributed by atoms with E-state index in [-0.39, 0.29) is 17.7 Å². The lowest BCUT2D eigenvalue weighted by Gasteiger charge is -2.32. The number of carbonyl (C=O) groups is 2. The van der Waals surface area contributed by atoms with Crippen molar-refractivity contribution in [1.82, 2.24) is 10.2 Å². The first-order chi connectivity index (χ1) is 11.8. The number of rotatable bonds is 6. The van der Waals surface area contributed by atoms with Crippen LogP contribution in [0.4, 0.5) is 5.69 Å². The SMILES string of the molecule is CC(C)C(=O)NCC1CCCN(CC(=O)Nc2cc(Cl)ccc2Cl)C1. The molecule has 1 atom stereocenters. The molecule has 0 aromatic heterocycles. The highest BCUT2D eigenvalue weighted by Gasteiger charge is 2.22. The molecule has 1 aliphatic rings. The van der Waals surface area contributed by atoms with Gasteiger partial charge in [-0.25, -0.2) is 0 Å². The van der Waals surface area contributed by atoms with E-state index in [4.69, 9.17) is 23.2 Å². The molecule has 2 amide bonds. The van der Waals surface area contributed by atoms with Gasteiger partial charge in [0.15, 0.2) is 0 Å². The molecule has 0 aliphatic carbocycles. The first-order valence-electron chi connectivity index (χ1n) is 8.60. The van der Waals surface area contributed by atoms with Gasteiger partial charge in [0.05, 0.1) is 17.3 Å². The van der Waals surface area contributed by atoms with Crippen LogP contribution in [0.15, 0.2) is 18.2 Å². The number of benzene rings is 1. The van der Waals surface area contributed by atoms with E-state index >= 15 is 0 Å². The lowest BCUT2D eigenvalue weighted by Crippen LogP contribution is -2.44. The lowest BCUT2D eigenvalue weighted by molar-refractivity contribution is -0.124. The van der Waals surface area contributed by atoms with Gasteiger partial charge < -0.3 is 10.6 Å². The predicted molar refractivity (Wildman–Crippen MR) is 102 cm³/mol. The minimum Gasteiger partial charge on any atom is -0.356 e. The van der Waals surface area contributed by atoms with Gasteiger partial charge in [0.25, 0.3) is 0 Å². The van der Waals surface area contributed by atoms with Gasteiger partial charge >= 0.3 is 0 Å². The quantitative estimate of drug-likeness (QED) is 0.788. The number of hydrogen-bond acceptors (Lipinski definition) is 3. The first kappa shape index (κ1) is 20.0. The van der Waals surface area contributed by atoms with Gasteiger partial charge in [-0.1, -0.05) is 37.0 Å². The van der Waals surface area contributed by atoms with Gasteiger partial charge in [0, 0.05) is 24.0 Å². The van der Waals surface area contributed by atoms with Crippen molar-refractivity contribution in [2.24, 2.45) is 11.8 Å². The third-order valence-corrected chi connectivity index (χ3v) is 4.83. The Morgan fingerprint density at radius 1 is 1.32 bits per heavy atom. The summed E-state index contributed by atoms with van der Waals surface area (Å²) in [7, 11) is 0. The Hall–Kier alpha value is -1.30. The standard InChI is InChI=1S/C18H25Cl2N3O2/c1-12(2)18(25)21-9-13-4-3-7-23(10-13)11-17(24)22-16-8-14(19)5-6-15(16)20/h5-6,8,12-13H,3-4,7,9-11H2,1-2H3,(H,21,25)(H,22,24). The normalized spacial score (nSPS) is 18.2. The number of piperidine rings is 1. The molecule has 25 heavy (non-hydrogen) atoms. The molecular weight excluding hydrogens is 361 g/mol. The molecule has 0 radical (unpaired) electrons. The summed E-state index contributed by atoms with van der Waals surface area (Å²) in [6.07, 6.45) is 2.09. The summed E-state index contributed by atoms with van der Waals surface area (Å²) in [4.78, 5) is 26.1. The van der Waals surface area contributed by atoms with Crippen LogP contribution in [0.5, 0.6) is 0 Å². The van der Waals surface area contributed by atoms with Crippen molar-refractivity contribution in [3.63, 3.8) is 0 Å². The van der Waals surface area contributed by atoms with Crippen LogP contribution in [0, 0.1) is 11.8 Å². The Labute approximate surface area is 159 Å². The van der Waals surface area contributed by atoms with E-state index in [0.29, 0.717) is 34.7 Å². The molecule has 0 saturated carbocycles. The second-order valence-electron chi connectivity index (χ2n) is 6.82. The van der Waals surface area contributed by atoms with Gasteiger partial charge in [-0.15, -0.1) is 0 Å². The maximum absolute atomic E-state index is 12.3. The van der Waals surface area contributed by atoms with Crippen LogP contribution in [0.2, 0.25) is 10.0 Å². The maximum Gasteiger partial charge on any atom is 0.238 e. The minimum atomic E-state index is -0.115. The van der Waals surface area contributed by atoms with Crippen LogP contribution < -0.4 is 10.6 Å². The van der Waals surface area contributed by atoms with Crippen molar-refractivity contribution in [2.45, 2.75) is 26.7 Å². The zero-order valence-corrected chi connectivity index (χ0v) is 16.2. The Kier molecular flexibility index (Phi) is 7.54. The summed E-state index contributed by atoms with van der Waals surface area (Å²) in [6.45, 7) is 6.41. The molecule has 7 heteroatoms. The molecule has 1 unspecified atom stereocenters. The maximum atomic E-state index is 12.3. The number of nitrogens with zero attached hydrogens (tertiary/aromatic N) is 1. The van der Waals surface area contributed by atoms with Crippen molar-refractivity contribution in [3.8, 4) is 0 Å². The number of halogens is 2. The summed E-state index contributed by atoms with van der Waals surface area (Å²) in [5.74, 6) is 0.327. The van der Waals surface area contributed by atoms with E-state index in [1.807, 2.05) is 13.8 Å². The monoisotopic (exact) mass is 385 g/mol. The largest absolute Gasteiger partial charge is 0.356 e. The molecule has 1 heterocycles. The molecule has 2 N–H and O–H groups in total. The first-order valence-corrected chi connectivity index (χ1v) is 9.35. The van der Waals surface area contributed by atoms with Gasteiger partial charge in [-0.05, 0) is 43.5 Å². The molecule has 1 aliphatic heterocycles. The summed E-state index contributed by atoms with van der Waals surface area (Å²) < 4.78 is 0. The molecular formula is C18H25Cl2N3O2. The molecule has 1 aromatic carbocycles. The zero-order chi connectivity index (χ0) is 18.4. The van der Waals surface area contributed by atoms with Crippen LogP contribution in [0.25, 0.3) is 0 Å². The zero-order valence-electron chi connectivity index (χ0n) is 14.6. The topological polar surface area (TPSA) is 61.4 Å². The third-order valence-electron chi connectivity index (χ3n) is 4.26. The van der Waals surface area contributed by atoms with Gasteiger partial charge in [0.1, 0.15) is 0 Å². The van der Waals surface area contributed by atoms with Crippen molar-refractivity contribution >= 4 is 40.7 Å². The number of amides is 2. The minimum absolute atomic E-state index is 0.00656. The Bertz CT molecular complexity index is 622. The van der Waals surface area contributed by atoms with Gasteiger partial charge in [-0.3, -0.25) is 14.5 Å². The number of anilines is 1. The Morgan fingerprint density at radius 3 is 2.80 bits per heavy atom. The molecule has 1 aromatic rings. The fourth-order valence-corrected chi connectivity index (χ4v) is 3.23. The second kappa shape index (κ2) is 9.41. The molecule has 0 bridgehead atoms. The Morgan fingerprint density at radius 2 is 2.08 bits per heavy atom. The summed E-state index contributed by atoms with van der Waals surface area (Å²) in [5.41, 5.74) is 0.525. The molecule has 1 saturated heterocycles. The van der Waals surface area contributed by atoms with E-state index in [1.165, 1.54) is 0 Å². The molecule has 1 fully saturated rings. The molecule has 5 nitrogen and oxygen atoms in total. The van der Waals surface area contributed by atoms with Crippen LogP contribution in [0.1, 0.15) is 26.7 Å². The number of hydrogen-bond donors (Lipinski definition) is 2. The number of nitrogens with one attached hydrogen (secondary N) is 2. The van der Waals surface area contributed by atoms with Crippen LogP contribution in [-0.4, -0.2) is 42.9 Å². The van der Waals surface area contributed by atoms with Crippen LogP contribution in [-0.2, 0) is 9.59 Å². The molecule has 2 rings (SSSR count). The van der Waals surface area contributed by atoms with E-state index in [1.54, 1.807) is 18.2 Å². The lowest BCUT2D eigenvalue weighted by atomic mass is 9.97. The van der Waals surface area contributed by atoms with Crippen molar-refractivity contribution in [1.29, 1.82) is 0 Å². The Balaban J connectivity index is 1.82. The molecule has 0 spiro atoms. The molecule has 138 valence electrons. The highest BCUT2D eigenvalue weighted by Crippen LogP contribution is 2.25. The van der Waals surface area contributed by atoms with Crippen molar-refractivity contribution < 1.29 is 9.59 Å². The van der Waals surface area contributed by atoms with E-state index in [9.17, 15) is 9.59 Å². The van der Waals surface area contributed by atoms with Gasteiger partial charge in [0.2, 0.25) is 11.8 Å². The smallest absolute Gasteiger partial charge is 0.238 e. The summed E-state index contributed by atoms with van der Waals surface area (Å²) >= 11 is 12.0. The van der Waals surface area contributed by atoms with Crippen LogP contribution >= 0.6 is 23.2 Å². The van der Waals surface area contributed by atoms with E-state index < -0.39 is 0 Å². The fourth-order valence-electron chi connectivity index (χ4n) is 2.90. The third kappa shape index (κ3) is 6.49. The number of carbonyl (C=O) groups excluding carboxylic acids is 2. The average molecular weight is 386 g/mol. The number of likely N-dealkylation sites (tertiary alicyclic amines) is 1. The van der Waals surface area contributed by atoms with Gasteiger partial charge in [-0.2, -0.15) is 0 Å². The predicted octanol–water partition coefficient (Wildman–Crippen LogP) is 3.42. The summed E-state index contributed by atoms with van der Waals surface area (Å²) in [6, 6.07) is 4.98. The van der Waals surface area contributed by atoms with Crippen molar-refractivity contribution in [2.75, 3.05) is 31.5 Å². The highest BCUT2D eigenvalue weighted by molar-refractivity contribution is 6.35.